The number of halogens is 1. The van der Waals surface area contributed by atoms with Crippen molar-refractivity contribution in [1.82, 2.24) is 0 Å². The van der Waals surface area contributed by atoms with Crippen LogP contribution in [0.5, 0.6) is 0 Å². The molecule has 0 unspecified atom stereocenters. The van der Waals surface area contributed by atoms with Crippen LogP contribution in [0.15, 0.2) is 0 Å². The van der Waals surface area contributed by atoms with E-state index in [1.807, 2.05) is 0 Å². The van der Waals surface area contributed by atoms with Gasteiger partial charge in [-0.1, -0.05) is 15.9 Å². The van der Waals surface area contributed by atoms with Crippen molar-refractivity contribution in [2.75, 3.05) is 18.5 Å². The van der Waals surface area contributed by atoms with Gasteiger partial charge in [-0.05, 0) is 13.8 Å². The molecule has 0 saturated carbocycles. The van der Waals surface area contributed by atoms with Gasteiger partial charge >= 0.3 is 11.9 Å². The Balaban J connectivity index is 2.71. The molecule has 1 heterocycles. The summed E-state index contributed by atoms with van der Waals surface area (Å²) >= 11 is 3.22. The van der Waals surface area contributed by atoms with Crippen LogP contribution in [-0.2, 0) is 23.8 Å². The van der Waals surface area contributed by atoms with Gasteiger partial charge in [0.2, 0.25) is 0 Å². The fourth-order valence-corrected chi connectivity index (χ4v) is 1.88. The van der Waals surface area contributed by atoms with E-state index in [1.165, 1.54) is 0 Å². The summed E-state index contributed by atoms with van der Waals surface area (Å²) in [5, 5.41) is 0.577. The average Bonchev–Trinajstić information content (AvgIpc) is 2.17. The molecule has 1 aliphatic rings. The van der Waals surface area contributed by atoms with E-state index in [1.54, 1.807) is 13.8 Å². The number of hydrogen-bond acceptors (Lipinski definition) is 5. The van der Waals surface area contributed by atoms with Crippen LogP contribution < -0.4 is 0 Å². The second-order valence-corrected chi connectivity index (χ2v) is 4.01. The quantitative estimate of drug-likeness (QED) is 0.431. The molecule has 0 aliphatic carbocycles. The molecule has 0 amide bonds. The maximum atomic E-state index is 11.7. The molecule has 5 nitrogen and oxygen atoms in total. The largest absolute Gasteiger partial charge is 0.463 e. The summed E-state index contributed by atoms with van der Waals surface area (Å²) in [4.78, 5) is 23.3. The highest BCUT2D eigenvalue weighted by atomic mass is 79.9. The number of esters is 2. The summed E-state index contributed by atoms with van der Waals surface area (Å²) in [5.74, 6) is -1.32. The smallest absolute Gasteiger partial charge is 0.350 e. The summed E-state index contributed by atoms with van der Waals surface area (Å²) in [7, 11) is 0. The lowest BCUT2D eigenvalue weighted by atomic mass is 9.90. The Labute approximate surface area is 103 Å². The van der Waals surface area contributed by atoms with Crippen molar-refractivity contribution in [2.45, 2.75) is 32.0 Å². The topological polar surface area (TPSA) is 61.8 Å². The molecule has 0 aromatic rings. The molecule has 0 radical (unpaired) electrons. The standard InChI is InChI=1S/C10H15BrO5/c1-3-14-8(12)10(9(13)15-4-2)5-7(6-11)16-10/h7H,3-6H2,1-2H3/t7-/m1/s1. The molecule has 0 spiro atoms. The Kier molecular flexibility index (Phi) is 4.73. The molecule has 1 aliphatic heterocycles. The van der Waals surface area contributed by atoms with Gasteiger partial charge in [0.05, 0.1) is 19.3 Å². The van der Waals surface area contributed by atoms with Gasteiger partial charge in [0, 0.05) is 11.8 Å². The fourth-order valence-electron chi connectivity index (χ4n) is 1.52. The molecule has 1 rings (SSSR count). The molecule has 6 heteroatoms. The van der Waals surface area contributed by atoms with Gasteiger partial charge in [-0.15, -0.1) is 0 Å². The third kappa shape index (κ3) is 2.38. The van der Waals surface area contributed by atoms with Crippen molar-refractivity contribution in [1.29, 1.82) is 0 Å². The third-order valence-electron chi connectivity index (χ3n) is 2.27. The lowest BCUT2D eigenvalue weighted by Gasteiger charge is -2.42. The van der Waals surface area contributed by atoms with Gasteiger partial charge in [-0.25, -0.2) is 9.59 Å². The van der Waals surface area contributed by atoms with Crippen molar-refractivity contribution in [2.24, 2.45) is 0 Å². The first-order valence-electron chi connectivity index (χ1n) is 5.19. The Morgan fingerprint density at radius 2 is 1.75 bits per heavy atom. The first kappa shape index (κ1) is 13.4. The highest BCUT2D eigenvalue weighted by Crippen LogP contribution is 2.36. The Morgan fingerprint density at radius 1 is 1.31 bits per heavy atom. The molecule has 92 valence electrons. The third-order valence-corrected chi connectivity index (χ3v) is 2.99. The van der Waals surface area contributed by atoms with Crippen molar-refractivity contribution < 1.29 is 23.8 Å². The van der Waals surface area contributed by atoms with Gasteiger partial charge in [0.1, 0.15) is 0 Å². The lowest BCUT2D eigenvalue weighted by Crippen LogP contribution is -2.63. The molecule has 0 aromatic carbocycles. The minimum absolute atomic E-state index is 0.145. The van der Waals surface area contributed by atoms with E-state index >= 15 is 0 Å². The fraction of sp³-hybridized carbons (Fsp3) is 0.800. The number of hydrogen-bond donors (Lipinski definition) is 0. The van der Waals surface area contributed by atoms with E-state index in [0.717, 1.165) is 0 Å². The molecule has 1 fully saturated rings. The van der Waals surface area contributed by atoms with E-state index < -0.39 is 17.5 Å². The van der Waals surface area contributed by atoms with Crippen LogP contribution in [0, 0.1) is 0 Å². The summed E-state index contributed by atoms with van der Waals surface area (Å²) in [6.07, 6.45) is 0.157. The molecular formula is C10H15BrO5. The van der Waals surface area contributed by atoms with Crippen LogP contribution >= 0.6 is 15.9 Å². The Bertz CT molecular complexity index is 252. The zero-order valence-electron chi connectivity index (χ0n) is 9.32. The molecule has 0 aromatic heterocycles. The number of ether oxygens (including phenoxy) is 3. The van der Waals surface area contributed by atoms with Crippen LogP contribution in [0.3, 0.4) is 0 Å². The zero-order chi connectivity index (χ0) is 12.2. The number of carbonyl (C=O) groups is 2. The maximum absolute atomic E-state index is 11.7. The van der Waals surface area contributed by atoms with Crippen molar-refractivity contribution >= 4 is 27.9 Å². The van der Waals surface area contributed by atoms with Crippen LogP contribution in [-0.4, -0.2) is 42.2 Å². The summed E-state index contributed by atoms with van der Waals surface area (Å²) in [6.45, 7) is 3.78. The SMILES string of the molecule is CCOC(=O)C1(C(=O)OCC)C[C@H](CBr)O1. The van der Waals surface area contributed by atoms with Crippen molar-refractivity contribution in [3.8, 4) is 0 Å². The maximum Gasteiger partial charge on any atom is 0.350 e. The highest BCUT2D eigenvalue weighted by Gasteiger charge is 2.60. The number of rotatable bonds is 5. The molecule has 1 atom stereocenters. The minimum Gasteiger partial charge on any atom is -0.463 e. The van der Waals surface area contributed by atoms with E-state index in [0.29, 0.717) is 11.8 Å². The lowest BCUT2D eigenvalue weighted by molar-refractivity contribution is -0.231. The Hall–Kier alpha value is -0.620. The van der Waals surface area contributed by atoms with E-state index in [4.69, 9.17) is 14.2 Å². The van der Waals surface area contributed by atoms with Crippen LogP contribution in [0.4, 0.5) is 0 Å². The average molecular weight is 295 g/mol. The van der Waals surface area contributed by atoms with Crippen LogP contribution in [0.25, 0.3) is 0 Å². The van der Waals surface area contributed by atoms with E-state index in [9.17, 15) is 9.59 Å². The summed E-state index contributed by atoms with van der Waals surface area (Å²) in [6, 6.07) is 0. The minimum atomic E-state index is -1.54. The molecule has 0 N–H and O–H groups in total. The Morgan fingerprint density at radius 3 is 2.06 bits per heavy atom. The molecule has 16 heavy (non-hydrogen) atoms. The summed E-state index contributed by atoms with van der Waals surface area (Å²) in [5.41, 5.74) is -1.54. The van der Waals surface area contributed by atoms with Crippen molar-refractivity contribution in [3.63, 3.8) is 0 Å². The number of carbonyl (C=O) groups excluding carboxylic acids is 2. The predicted molar refractivity (Wildman–Crippen MR) is 59.3 cm³/mol. The predicted octanol–water partition coefficient (Wildman–Crippen LogP) is 1.04. The summed E-state index contributed by atoms with van der Waals surface area (Å²) < 4.78 is 15.0. The molecular weight excluding hydrogens is 280 g/mol. The monoisotopic (exact) mass is 294 g/mol. The van der Waals surface area contributed by atoms with Gasteiger partial charge in [-0.3, -0.25) is 0 Å². The van der Waals surface area contributed by atoms with Gasteiger partial charge < -0.3 is 14.2 Å². The van der Waals surface area contributed by atoms with E-state index in [-0.39, 0.29) is 19.3 Å². The molecule has 1 saturated heterocycles. The highest BCUT2D eigenvalue weighted by molar-refractivity contribution is 9.09. The normalized spacial score (nSPS) is 22.1. The number of alkyl halides is 1. The first-order valence-corrected chi connectivity index (χ1v) is 6.31. The van der Waals surface area contributed by atoms with Gasteiger partial charge in [0.25, 0.3) is 5.60 Å². The second kappa shape index (κ2) is 5.63. The van der Waals surface area contributed by atoms with E-state index in [2.05, 4.69) is 15.9 Å². The van der Waals surface area contributed by atoms with Crippen molar-refractivity contribution in [3.05, 3.63) is 0 Å². The van der Waals surface area contributed by atoms with Gasteiger partial charge in [-0.2, -0.15) is 0 Å². The van der Waals surface area contributed by atoms with Crippen LogP contribution in [0.2, 0.25) is 0 Å². The zero-order valence-corrected chi connectivity index (χ0v) is 10.9. The first-order chi connectivity index (χ1) is 7.60. The van der Waals surface area contributed by atoms with Gasteiger partial charge in [0.15, 0.2) is 0 Å². The second-order valence-electron chi connectivity index (χ2n) is 3.37. The van der Waals surface area contributed by atoms with Crippen LogP contribution in [0.1, 0.15) is 20.3 Å². The molecule has 0 bridgehead atoms.